The van der Waals surface area contributed by atoms with E-state index in [0.717, 1.165) is 21.2 Å². The molecule has 0 saturated carbocycles. The molecule has 0 aliphatic rings. The van der Waals surface area contributed by atoms with Crippen molar-refractivity contribution in [2.24, 2.45) is 5.92 Å². The summed E-state index contributed by atoms with van der Waals surface area (Å²) in [5, 5.41) is 3.51. The molecule has 9 heteroatoms. The molecule has 0 radical (unpaired) electrons. The summed E-state index contributed by atoms with van der Waals surface area (Å²) in [6.07, 6.45) is 0. The van der Waals surface area contributed by atoms with Gasteiger partial charge in [-0.25, -0.2) is 8.42 Å². The van der Waals surface area contributed by atoms with Crippen LogP contribution in [-0.2, 0) is 14.8 Å². The predicted molar refractivity (Wildman–Crippen MR) is 106 cm³/mol. The maximum atomic E-state index is 12.5. The molecule has 0 saturated heterocycles. The van der Waals surface area contributed by atoms with Crippen LogP contribution in [0.1, 0.15) is 25.5 Å². The Morgan fingerprint density at radius 3 is 2.27 bits per heavy atom. The van der Waals surface area contributed by atoms with E-state index < -0.39 is 10.0 Å². The van der Waals surface area contributed by atoms with E-state index in [2.05, 4.69) is 5.32 Å². The molecule has 0 spiro atoms. The summed E-state index contributed by atoms with van der Waals surface area (Å²) < 4.78 is 26.5. The highest BCUT2D eigenvalue weighted by Gasteiger charge is 2.26. The van der Waals surface area contributed by atoms with Crippen molar-refractivity contribution in [1.29, 1.82) is 0 Å². The topological polar surface area (TPSA) is 66.5 Å². The fourth-order valence-electron chi connectivity index (χ4n) is 2.40. The number of hydrogen-bond acceptors (Lipinski definition) is 4. The van der Waals surface area contributed by atoms with Crippen molar-refractivity contribution >= 4 is 50.5 Å². The SMILES string of the molecule is CC(C)C(NC(=O)CN(C)S(=O)(=O)c1ccc(Cl)s1)c1ccc(Cl)cc1. The molecule has 2 rings (SSSR count). The third kappa shape index (κ3) is 5.20. The fraction of sp³-hybridized carbons (Fsp3) is 0.353. The molecule has 142 valence electrons. The second-order valence-electron chi connectivity index (χ2n) is 6.16. The van der Waals surface area contributed by atoms with Crippen molar-refractivity contribution in [3.05, 3.63) is 51.3 Å². The predicted octanol–water partition coefficient (Wildman–Crippen LogP) is 4.19. The third-order valence-electron chi connectivity index (χ3n) is 3.79. The Balaban J connectivity index is 2.09. The van der Waals surface area contributed by atoms with Crippen LogP contribution in [0.4, 0.5) is 0 Å². The Morgan fingerprint density at radius 1 is 1.15 bits per heavy atom. The first-order valence-electron chi connectivity index (χ1n) is 7.87. The number of hydrogen-bond donors (Lipinski definition) is 1. The number of benzene rings is 1. The van der Waals surface area contributed by atoms with E-state index in [1.807, 2.05) is 26.0 Å². The lowest BCUT2D eigenvalue weighted by molar-refractivity contribution is -0.122. The summed E-state index contributed by atoms with van der Waals surface area (Å²) >= 11 is 12.7. The number of nitrogens with zero attached hydrogens (tertiary/aromatic N) is 1. The van der Waals surface area contributed by atoms with Crippen LogP contribution in [0.5, 0.6) is 0 Å². The smallest absolute Gasteiger partial charge is 0.252 e. The number of likely N-dealkylation sites (N-methyl/N-ethyl adjacent to an activating group) is 1. The van der Waals surface area contributed by atoms with Gasteiger partial charge in [-0.3, -0.25) is 4.79 Å². The summed E-state index contributed by atoms with van der Waals surface area (Å²) in [7, 11) is -2.38. The second kappa shape index (κ2) is 8.71. The fourth-order valence-corrected chi connectivity index (χ4v) is 5.35. The van der Waals surface area contributed by atoms with E-state index in [4.69, 9.17) is 23.2 Å². The minimum Gasteiger partial charge on any atom is -0.348 e. The average Bonchev–Trinajstić information content (AvgIpc) is 3.00. The molecule has 2 aromatic rings. The standard InChI is InChI=1S/C17H20Cl2N2O3S2/c1-11(2)17(12-4-6-13(18)7-5-12)20-15(22)10-21(3)26(23,24)16-9-8-14(19)25-16/h4-9,11,17H,10H2,1-3H3,(H,20,22). The molecule has 5 nitrogen and oxygen atoms in total. The Labute approximate surface area is 168 Å². The molecule has 1 heterocycles. The van der Waals surface area contributed by atoms with Gasteiger partial charge in [0.15, 0.2) is 0 Å². The average molecular weight is 435 g/mol. The molecule has 0 aliphatic heterocycles. The molecule has 1 atom stereocenters. The lowest BCUT2D eigenvalue weighted by atomic mass is 9.96. The van der Waals surface area contributed by atoms with Crippen LogP contribution in [-0.4, -0.2) is 32.2 Å². The molecular formula is C17H20Cl2N2O3S2. The van der Waals surface area contributed by atoms with E-state index in [1.54, 1.807) is 12.1 Å². The van der Waals surface area contributed by atoms with Gasteiger partial charge in [0.1, 0.15) is 4.21 Å². The maximum absolute atomic E-state index is 12.5. The molecule has 0 fully saturated rings. The van der Waals surface area contributed by atoms with Crippen LogP contribution in [0.3, 0.4) is 0 Å². The monoisotopic (exact) mass is 434 g/mol. The first-order valence-corrected chi connectivity index (χ1v) is 10.9. The number of amides is 1. The van der Waals surface area contributed by atoms with Crippen LogP contribution in [0.2, 0.25) is 9.36 Å². The van der Waals surface area contributed by atoms with Crippen LogP contribution in [0.25, 0.3) is 0 Å². The third-order valence-corrected chi connectivity index (χ3v) is 7.55. The summed E-state index contributed by atoms with van der Waals surface area (Å²) in [4.78, 5) is 12.4. The number of halogens is 2. The first-order chi connectivity index (χ1) is 12.1. The molecule has 1 aromatic heterocycles. The van der Waals surface area contributed by atoms with Gasteiger partial charge in [0, 0.05) is 12.1 Å². The minimum absolute atomic E-state index is 0.107. The van der Waals surface area contributed by atoms with Gasteiger partial charge in [-0.05, 0) is 35.7 Å². The van der Waals surface area contributed by atoms with Crippen LogP contribution >= 0.6 is 34.5 Å². The number of carbonyl (C=O) groups is 1. The molecular weight excluding hydrogens is 415 g/mol. The lowest BCUT2D eigenvalue weighted by Gasteiger charge is -2.24. The Bertz CT molecular complexity index is 864. The molecule has 1 amide bonds. The minimum atomic E-state index is -3.75. The molecule has 0 bridgehead atoms. The van der Waals surface area contributed by atoms with Gasteiger partial charge in [0.2, 0.25) is 5.91 Å². The van der Waals surface area contributed by atoms with Gasteiger partial charge in [0.25, 0.3) is 10.0 Å². The maximum Gasteiger partial charge on any atom is 0.252 e. The molecule has 1 unspecified atom stereocenters. The van der Waals surface area contributed by atoms with Gasteiger partial charge >= 0.3 is 0 Å². The number of sulfonamides is 1. The molecule has 26 heavy (non-hydrogen) atoms. The van der Waals surface area contributed by atoms with E-state index in [0.29, 0.717) is 9.36 Å². The van der Waals surface area contributed by atoms with Crippen molar-refractivity contribution in [2.75, 3.05) is 13.6 Å². The zero-order valence-electron chi connectivity index (χ0n) is 14.6. The van der Waals surface area contributed by atoms with Gasteiger partial charge < -0.3 is 5.32 Å². The van der Waals surface area contributed by atoms with E-state index in [9.17, 15) is 13.2 Å². The van der Waals surface area contributed by atoms with Gasteiger partial charge in [-0.2, -0.15) is 4.31 Å². The first kappa shape index (κ1) is 21.2. The van der Waals surface area contributed by atoms with Crippen molar-refractivity contribution in [3.8, 4) is 0 Å². The van der Waals surface area contributed by atoms with Crippen molar-refractivity contribution in [1.82, 2.24) is 9.62 Å². The molecule has 0 aliphatic carbocycles. The van der Waals surface area contributed by atoms with E-state index >= 15 is 0 Å². The zero-order valence-corrected chi connectivity index (χ0v) is 17.7. The highest BCUT2D eigenvalue weighted by Crippen LogP contribution is 2.28. The second-order valence-corrected chi connectivity index (χ2v) is 10.6. The van der Waals surface area contributed by atoms with E-state index in [1.165, 1.54) is 19.2 Å². The van der Waals surface area contributed by atoms with Gasteiger partial charge in [-0.1, -0.05) is 49.2 Å². The van der Waals surface area contributed by atoms with Crippen LogP contribution in [0.15, 0.2) is 40.6 Å². The summed E-state index contributed by atoms with van der Waals surface area (Å²) in [5.41, 5.74) is 0.910. The number of thiophene rings is 1. The number of rotatable bonds is 7. The highest BCUT2D eigenvalue weighted by molar-refractivity contribution is 7.91. The van der Waals surface area contributed by atoms with Crippen LogP contribution < -0.4 is 5.32 Å². The Hall–Kier alpha value is -1.12. The van der Waals surface area contributed by atoms with Crippen molar-refractivity contribution in [3.63, 3.8) is 0 Å². The largest absolute Gasteiger partial charge is 0.348 e. The van der Waals surface area contributed by atoms with Crippen molar-refractivity contribution in [2.45, 2.75) is 24.1 Å². The zero-order chi connectivity index (χ0) is 19.5. The summed E-state index contributed by atoms with van der Waals surface area (Å²) in [6, 6.07) is 9.92. The molecule has 1 N–H and O–H groups in total. The molecule has 1 aromatic carbocycles. The number of carbonyl (C=O) groups excluding carboxylic acids is 1. The van der Waals surface area contributed by atoms with Gasteiger partial charge in [-0.15, -0.1) is 11.3 Å². The summed E-state index contributed by atoms with van der Waals surface area (Å²) in [6.45, 7) is 3.68. The quantitative estimate of drug-likeness (QED) is 0.709. The highest BCUT2D eigenvalue weighted by atomic mass is 35.5. The van der Waals surface area contributed by atoms with Gasteiger partial charge in [0.05, 0.1) is 16.9 Å². The summed E-state index contributed by atoms with van der Waals surface area (Å²) in [5.74, 6) is -0.259. The van der Waals surface area contributed by atoms with Crippen LogP contribution in [0, 0.1) is 5.92 Å². The Kier molecular flexibility index (Phi) is 7.10. The Morgan fingerprint density at radius 2 is 1.77 bits per heavy atom. The van der Waals surface area contributed by atoms with E-state index in [-0.39, 0.29) is 28.6 Å². The number of nitrogens with one attached hydrogen (secondary N) is 1. The van der Waals surface area contributed by atoms with Crippen molar-refractivity contribution < 1.29 is 13.2 Å². The lowest BCUT2D eigenvalue weighted by Crippen LogP contribution is -2.40. The normalized spacial score (nSPS) is 13.2.